The normalized spacial score (nSPS) is 43.8. The molecule has 0 aromatic rings. The van der Waals surface area contributed by atoms with Crippen LogP contribution in [0.4, 0.5) is 8.78 Å². The Kier molecular flexibility index (Phi) is 5.96. The van der Waals surface area contributed by atoms with E-state index < -0.39 is 22.8 Å². The molecule has 0 aromatic heterocycles. The Morgan fingerprint density at radius 2 is 1.71 bits per heavy atom. The summed E-state index contributed by atoms with van der Waals surface area (Å²) >= 11 is 0. The van der Waals surface area contributed by atoms with E-state index in [1.54, 1.807) is 6.08 Å². The third kappa shape index (κ3) is 3.76. The van der Waals surface area contributed by atoms with Crippen LogP contribution in [0.2, 0.25) is 0 Å². The van der Waals surface area contributed by atoms with Crippen LogP contribution in [-0.4, -0.2) is 28.9 Å². The molecule has 0 heterocycles. The minimum absolute atomic E-state index is 0.00472. The van der Waals surface area contributed by atoms with Crippen LogP contribution in [0.15, 0.2) is 23.3 Å². The van der Waals surface area contributed by atoms with Gasteiger partial charge in [0.15, 0.2) is 11.6 Å². The standard InChI is InChI=1S/C31H40F2N2O3/c1-17-19-7-9-28(4)20-8-10-31(35-26(38)30(6,32)33)12-11-27(2,3)15-21(31)24(20)22(36)13-23(28)29(19,5)14-18(16-34)25(17)37/h13-14,17,19-21,24H,7-12,15H2,1-6H3,(H,35,38). The van der Waals surface area contributed by atoms with Gasteiger partial charge in [0.1, 0.15) is 6.07 Å². The second-order valence-corrected chi connectivity index (χ2v) is 14.3. The first-order valence-electron chi connectivity index (χ1n) is 14.1. The predicted octanol–water partition coefficient (Wildman–Crippen LogP) is 5.95. The number of halogens is 2. The van der Waals surface area contributed by atoms with Gasteiger partial charge in [-0.15, -0.1) is 0 Å². The van der Waals surface area contributed by atoms with Crippen molar-refractivity contribution in [3.63, 3.8) is 0 Å². The van der Waals surface area contributed by atoms with Gasteiger partial charge in [-0.05, 0) is 79.6 Å². The number of fused-ring (bicyclic) bond motifs is 7. The molecule has 0 aliphatic heterocycles. The number of nitrogens with zero attached hydrogens (tertiary/aromatic N) is 1. The second kappa shape index (κ2) is 8.32. The van der Waals surface area contributed by atoms with Crippen molar-refractivity contribution in [2.24, 2.45) is 45.8 Å². The minimum atomic E-state index is -3.48. The maximum atomic E-state index is 14.1. The molecule has 0 spiro atoms. The monoisotopic (exact) mass is 526 g/mol. The van der Waals surface area contributed by atoms with E-state index in [4.69, 9.17) is 0 Å². The van der Waals surface area contributed by atoms with Gasteiger partial charge < -0.3 is 5.32 Å². The van der Waals surface area contributed by atoms with Crippen LogP contribution in [0.1, 0.15) is 86.5 Å². The molecule has 38 heavy (non-hydrogen) atoms. The van der Waals surface area contributed by atoms with E-state index in [0.717, 1.165) is 24.8 Å². The summed E-state index contributed by atoms with van der Waals surface area (Å²) in [7, 11) is 0. The van der Waals surface area contributed by atoms with Crippen LogP contribution in [0, 0.1) is 57.2 Å². The van der Waals surface area contributed by atoms with Crippen molar-refractivity contribution < 1.29 is 23.2 Å². The van der Waals surface area contributed by atoms with Gasteiger partial charge in [0.05, 0.1) is 5.57 Å². The van der Waals surface area contributed by atoms with Crippen molar-refractivity contribution >= 4 is 17.5 Å². The zero-order chi connectivity index (χ0) is 28.1. The number of hydrogen-bond acceptors (Lipinski definition) is 4. The molecule has 0 radical (unpaired) electrons. The number of amides is 1. The Morgan fingerprint density at radius 3 is 2.34 bits per heavy atom. The molecular weight excluding hydrogens is 486 g/mol. The number of allylic oxidation sites excluding steroid dienone is 4. The van der Waals surface area contributed by atoms with Crippen molar-refractivity contribution in [2.75, 3.05) is 0 Å². The fourth-order valence-electron chi connectivity index (χ4n) is 9.45. The van der Waals surface area contributed by atoms with Gasteiger partial charge in [-0.1, -0.05) is 46.3 Å². The number of nitriles is 1. The van der Waals surface area contributed by atoms with Crippen LogP contribution in [0.3, 0.4) is 0 Å². The van der Waals surface area contributed by atoms with E-state index in [9.17, 15) is 28.4 Å². The number of nitrogens with one attached hydrogen (secondary N) is 1. The number of carbonyl (C=O) groups excluding carboxylic acids is 3. The first kappa shape index (κ1) is 27.2. The topological polar surface area (TPSA) is 87.0 Å². The molecule has 1 amide bonds. The molecule has 3 saturated carbocycles. The van der Waals surface area contributed by atoms with Gasteiger partial charge in [-0.2, -0.15) is 14.0 Å². The van der Waals surface area contributed by atoms with E-state index in [2.05, 4.69) is 39.1 Å². The minimum Gasteiger partial charge on any atom is -0.345 e. The molecule has 1 N–H and O–H groups in total. The van der Waals surface area contributed by atoms with Crippen molar-refractivity contribution in [3.8, 4) is 6.07 Å². The molecule has 8 unspecified atom stereocenters. The number of Topliss-reactive ketones (excluding diaryl/α,β-unsaturated/α-hetero) is 1. The summed E-state index contributed by atoms with van der Waals surface area (Å²) in [6.45, 7) is 11.2. The lowest BCUT2D eigenvalue weighted by Gasteiger charge is -2.64. The number of ketones is 2. The maximum absolute atomic E-state index is 14.1. The van der Waals surface area contributed by atoms with E-state index in [-0.39, 0.29) is 57.6 Å². The van der Waals surface area contributed by atoms with Crippen molar-refractivity contribution in [1.82, 2.24) is 5.32 Å². The molecule has 206 valence electrons. The van der Waals surface area contributed by atoms with Crippen LogP contribution >= 0.6 is 0 Å². The summed E-state index contributed by atoms with van der Waals surface area (Å²) in [6.07, 6.45) is 8.58. The summed E-state index contributed by atoms with van der Waals surface area (Å²) in [6, 6.07) is 2.10. The Hall–Kier alpha value is -2.36. The largest absolute Gasteiger partial charge is 0.345 e. The summed E-state index contributed by atoms with van der Waals surface area (Å²) < 4.78 is 28.1. The average molecular weight is 527 g/mol. The highest BCUT2D eigenvalue weighted by Gasteiger charge is 2.65. The number of hydrogen-bond donors (Lipinski definition) is 1. The Bertz CT molecular complexity index is 1210. The first-order valence-corrected chi connectivity index (χ1v) is 14.1. The fourth-order valence-corrected chi connectivity index (χ4v) is 9.45. The van der Waals surface area contributed by atoms with Crippen LogP contribution in [0.25, 0.3) is 0 Å². The third-order valence-electron chi connectivity index (χ3n) is 11.5. The van der Waals surface area contributed by atoms with Crippen LogP contribution in [-0.2, 0) is 14.4 Å². The lowest BCUT2D eigenvalue weighted by atomic mass is 9.40. The Morgan fingerprint density at radius 1 is 1.05 bits per heavy atom. The highest BCUT2D eigenvalue weighted by Crippen LogP contribution is 2.68. The summed E-state index contributed by atoms with van der Waals surface area (Å²) in [4.78, 5) is 39.5. The molecule has 3 fully saturated rings. The third-order valence-corrected chi connectivity index (χ3v) is 11.5. The van der Waals surface area contributed by atoms with E-state index in [1.807, 2.05) is 13.0 Å². The lowest BCUT2D eigenvalue weighted by Crippen LogP contribution is -2.67. The van der Waals surface area contributed by atoms with Crippen LogP contribution in [0.5, 0.6) is 0 Å². The van der Waals surface area contributed by atoms with Crippen molar-refractivity contribution in [2.45, 2.75) is 97.9 Å². The molecular formula is C31H40F2N2O3. The van der Waals surface area contributed by atoms with Gasteiger partial charge in [-0.3, -0.25) is 14.4 Å². The lowest BCUT2D eigenvalue weighted by molar-refractivity contribution is -0.155. The van der Waals surface area contributed by atoms with Gasteiger partial charge in [0.25, 0.3) is 5.91 Å². The Labute approximate surface area is 224 Å². The number of alkyl halides is 2. The van der Waals surface area contributed by atoms with E-state index in [1.165, 1.54) is 0 Å². The van der Waals surface area contributed by atoms with Gasteiger partial charge in [0.2, 0.25) is 0 Å². The first-order chi connectivity index (χ1) is 17.5. The summed E-state index contributed by atoms with van der Waals surface area (Å²) in [5.41, 5.74) is -0.556. The zero-order valence-electron chi connectivity index (χ0n) is 23.4. The van der Waals surface area contributed by atoms with E-state index in [0.29, 0.717) is 32.6 Å². The number of carbonyl (C=O) groups is 3. The average Bonchev–Trinajstić information content (AvgIpc) is 2.82. The molecule has 0 bridgehead atoms. The quantitative estimate of drug-likeness (QED) is 0.482. The van der Waals surface area contributed by atoms with Gasteiger partial charge in [0, 0.05) is 29.7 Å². The van der Waals surface area contributed by atoms with E-state index >= 15 is 0 Å². The summed E-state index contributed by atoms with van der Waals surface area (Å²) in [5, 5.41) is 12.5. The molecule has 0 aromatic carbocycles. The molecule has 7 heteroatoms. The predicted molar refractivity (Wildman–Crippen MR) is 139 cm³/mol. The molecule has 5 aliphatic rings. The van der Waals surface area contributed by atoms with Crippen LogP contribution < -0.4 is 5.32 Å². The zero-order valence-corrected chi connectivity index (χ0v) is 23.4. The van der Waals surface area contributed by atoms with Gasteiger partial charge >= 0.3 is 5.92 Å². The smallest absolute Gasteiger partial charge is 0.321 e. The highest BCUT2D eigenvalue weighted by atomic mass is 19.3. The number of rotatable bonds is 2. The fraction of sp³-hybridized carbons (Fsp3) is 0.742. The summed E-state index contributed by atoms with van der Waals surface area (Å²) in [5.74, 6) is -5.67. The highest BCUT2D eigenvalue weighted by molar-refractivity contribution is 6.02. The maximum Gasteiger partial charge on any atom is 0.321 e. The van der Waals surface area contributed by atoms with Gasteiger partial charge in [-0.25, -0.2) is 0 Å². The Balaban J connectivity index is 1.61. The molecule has 0 saturated heterocycles. The second-order valence-electron chi connectivity index (χ2n) is 14.3. The molecule has 5 nitrogen and oxygen atoms in total. The molecule has 5 aliphatic carbocycles. The molecule has 8 atom stereocenters. The molecule has 5 rings (SSSR count). The SMILES string of the molecule is CC1C(=O)C(C#N)=CC2(C)C3=CC(=O)C4C5CC(C)(C)CCC5(NC(=O)C(C)(F)F)CCC4C3(C)CCC12. The van der Waals surface area contributed by atoms with Crippen molar-refractivity contribution in [1.29, 1.82) is 5.26 Å². The van der Waals surface area contributed by atoms with Crippen molar-refractivity contribution in [3.05, 3.63) is 23.3 Å².